The van der Waals surface area contributed by atoms with Crippen molar-refractivity contribution in [1.82, 2.24) is 24.6 Å². The van der Waals surface area contributed by atoms with Gasteiger partial charge in [-0.25, -0.2) is 0 Å². The highest BCUT2D eigenvalue weighted by Crippen LogP contribution is 2.45. The number of nitrogens with zero attached hydrogens (tertiary/aromatic N) is 5. The van der Waals surface area contributed by atoms with Crippen molar-refractivity contribution in [3.05, 3.63) is 77.7 Å². The molecular weight excluding hydrogens is 386 g/mol. The number of aryl methyl sites for hydroxylation is 1. The molecule has 6 heteroatoms. The topological polar surface area (TPSA) is 63.9 Å². The van der Waals surface area contributed by atoms with Crippen LogP contribution in [0.15, 0.2) is 60.9 Å². The predicted octanol–water partition coefficient (Wildman–Crippen LogP) is 4.32. The Morgan fingerprint density at radius 1 is 1.00 bits per heavy atom. The lowest BCUT2D eigenvalue weighted by Crippen LogP contribution is -2.49. The van der Waals surface area contributed by atoms with Gasteiger partial charge in [0, 0.05) is 42.2 Å². The lowest BCUT2D eigenvalue weighted by atomic mass is 9.81. The number of amides is 1. The van der Waals surface area contributed by atoms with Crippen molar-refractivity contribution >= 4 is 16.9 Å². The molecule has 1 fully saturated rings. The third-order valence-corrected chi connectivity index (χ3v) is 6.67. The van der Waals surface area contributed by atoms with Crippen molar-refractivity contribution in [1.29, 1.82) is 0 Å². The van der Waals surface area contributed by atoms with Crippen LogP contribution in [0.5, 0.6) is 0 Å². The van der Waals surface area contributed by atoms with Crippen molar-refractivity contribution in [2.75, 3.05) is 0 Å². The molecule has 0 N–H and O–H groups in total. The Morgan fingerprint density at radius 3 is 2.65 bits per heavy atom. The van der Waals surface area contributed by atoms with E-state index in [-0.39, 0.29) is 18.0 Å². The number of hydrogen-bond donors (Lipinski definition) is 0. The minimum atomic E-state index is 0.0243. The number of rotatable bonds is 2. The minimum Gasteiger partial charge on any atom is -0.327 e. The van der Waals surface area contributed by atoms with Crippen LogP contribution in [0.3, 0.4) is 0 Å². The van der Waals surface area contributed by atoms with Gasteiger partial charge in [-0.3, -0.25) is 19.4 Å². The fourth-order valence-electron chi connectivity index (χ4n) is 5.35. The fraction of sp³-hybridized carbons (Fsp3) is 0.280. The molecule has 0 saturated carbocycles. The largest absolute Gasteiger partial charge is 0.327 e. The van der Waals surface area contributed by atoms with Gasteiger partial charge >= 0.3 is 0 Å². The van der Waals surface area contributed by atoms with Crippen molar-refractivity contribution in [3.63, 3.8) is 0 Å². The van der Waals surface area contributed by atoms with Crippen LogP contribution in [0, 0.1) is 0 Å². The Hall–Kier alpha value is -3.54. The molecule has 0 spiro atoms. The molecule has 2 aliphatic rings. The molecule has 1 amide bonds. The second kappa shape index (κ2) is 7.01. The van der Waals surface area contributed by atoms with E-state index in [2.05, 4.69) is 39.1 Å². The summed E-state index contributed by atoms with van der Waals surface area (Å²) in [7, 11) is 2.01. The van der Waals surface area contributed by atoms with Gasteiger partial charge in [0.2, 0.25) is 0 Å². The van der Waals surface area contributed by atoms with Crippen molar-refractivity contribution in [3.8, 4) is 11.3 Å². The van der Waals surface area contributed by atoms with Gasteiger partial charge < -0.3 is 4.90 Å². The third kappa shape index (κ3) is 2.86. The third-order valence-electron chi connectivity index (χ3n) is 6.67. The van der Waals surface area contributed by atoms with Crippen LogP contribution >= 0.6 is 0 Å². The molecule has 2 aromatic heterocycles. The van der Waals surface area contributed by atoms with Gasteiger partial charge in [0.25, 0.3) is 5.91 Å². The van der Waals surface area contributed by atoms with E-state index >= 15 is 0 Å². The molecule has 154 valence electrons. The number of aromatic nitrogens is 4. The van der Waals surface area contributed by atoms with Gasteiger partial charge in [-0.15, -0.1) is 0 Å². The highest BCUT2D eigenvalue weighted by Gasteiger charge is 2.43. The fourth-order valence-corrected chi connectivity index (χ4v) is 5.35. The number of carbonyl (C=O) groups is 1. The Labute approximate surface area is 180 Å². The number of piperidine rings is 1. The van der Waals surface area contributed by atoms with Gasteiger partial charge in [0.05, 0.1) is 28.5 Å². The Bertz CT molecular complexity index is 1300. The maximum absolute atomic E-state index is 13.7. The maximum atomic E-state index is 13.7. The summed E-state index contributed by atoms with van der Waals surface area (Å²) >= 11 is 0. The standard InChI is InChI=1S/C25H23N5O/c1-29-24(16-6-3-2-4-7-16)19-15-18-8-5-9-22(23(19)28-29)30(18)25(31)17-10-11-20-21(14-17)27-13-12-26-20/h2-4,6-7,10-14,18,22H,5,8-9,15H2,1H3/t18-,22+/m1/s1. The summed E-state index contributed by atoms with van der Waals surface area (Å²) in [5, 5.41) is 4.92. The molecule has 6 rings (SSSR count). The molecule has 0 radical (unpaired) electrons. The maximum Gasteiger partial charge on any atom is 0.254 e. The molecule has 2 aliphatic heterocycles. The van der Waals surface area contributed by atoms with Crippen molar-refractivity contribution in [2.24, 2.45) is 7.05 Å². The second-order valence-corrected chi connectivity index (χ2v) is 8.48. The Morgan fingerprint density at radius 2 is 1.81 bits per heavy atom. The molecule has 4 aromatic rings. The van der Waals surface area contributed by atoms with Crippen LogP contribution in [0.1, 0.15) is 46.9 Å². The molecular formula is C25H23N5O. The van der Waals surface area contributed by atoms with E-state index in [0.29, 0.717) is 5.56 Å². The quantitative estimate of drug-likeness (QED) is 0.495. The SMILES string of the molecule is Cn1nc2c(c1-c1ccccc1)C[C@H]1CCC[C@@H]2N1C(=O)c1ccc2nccnc2c1. The van der Waals surface area contributed by atoms with Crippen LogP contribution in [0.4, 0.5) is 0 Å². The van der Waals surface area contributed by atoms with Crippen LogP contribution in [0.25, 0.3) is 22.3 Å². The monoisotopic (exact) mass is 409 g/mol. The zero-order chi connectivity index (χ0) is 20.9. The summed E-state index contributed by atoms with van der Waals surface area (Å²) in [6.07, 6.45) is 7.29. The average molecular weight is 409 g/mol. The number of benzene rings is 2. The molecule has 4 heterocycles. The smallest absolute Gasteiger partial charge is 0.254 e. The molecule has 2 aromatic carbocycles. The van der Waals surface area contributed by atoms with E-state index in [0.717, 1.165) is 42.4 Å². The Kier molecular flexibility index (Phi) is 4.13. The van der Waals surface area contributed by atoms with E-state index in [1.807, 2.05) is 36.0 Å². The Balaban J connectivity index is 1.42. The molecule has 0 unspecified atom stereocenters. The average Bonchev–Trinajstić information content (AvgIpc) is 3.14. The number of fused-ring (bicyclic) bond motifs is 5. The second-order valence-electron chi connectivity index (χ2n) is 8.48. The first-order chi connectivity index (χ1) is 15.2. The summed E-state index contributed by atoms with van der Waals surface area (Å²) in [6.45, 7) is 0. The van der Waals surface area contributed by atoms with Crippen LogP contribution in [0.2, 0.25) is 0 Å². The summed E-state index contributed by atoms with van der Waals surface area (Å²) in [6, 6.07) is 16.3. The van der Waals surface area contributed by atoms with Gasteiger partial charge in [-0.05, 0) is 43.9 Å². The van der Waals surface area contributed by atoms with E-state index in [9.17, 15) is 4.79 Å². The summed E-state index contributed by atoms with van der Waals surface area (Å²) < 4.78 is 2.00. The summed E-state index contributed by atoms with van der Waals surface area (Å²) in [5.74, 6) is 0.0693. The van der Waals surface area contributed by atoms with Gasteiger partial charge in [0.1, 0.15) is 0 Å². The molecule has 31 heavy (non-hydrogen) atoms. The van der Waals surface area contributed by atoms with Gasteiger partial charge in [-0.2, -0.15) is 5.10 Å². The van der Waals surface area contributed by atoms with Crippen LogP contribution in [-0.4, -0.2) is 36.6 Å². The highest BCUT2D eigenvalue weighted by atomic mass is 16.2. The first-order valence-corrected chi connectivity index (χ1v) is 10.9. The van der Waals surface area contributed by atoms with E-state index in [4.69, 9.17) is 5.10 Å². The predicted molar refractivity (Wildman–Crippen MR) is 118 cm³/mol. The van der Waals surface area contributed by atoms with Gasteiger partial charge in [0.15, 0.2) is 0 Å². The zero-order valence-corrected chi connectivity index (χ0v) is 17.4. The van der Waals surface area contributed by atoms with E-state index < -0.39 is 0 Å². The number of hydrogen-bond acceptors (Lipinski definition) is 4. The number of carbonyl (C=O) groups excluding carboxylic acids is 1. The van der Waals surface area contributed by atoms with Gasteiger partial charge in [-0.1, -0.05) is 30.3 Å². The van der Waals surface area contributed by atoms with Crippen molar-refractivity contribution in [2.45, 2.75) is 37.8 Å². The van der Waals surface area contributed by atoms with Crippen LogP contribution < -0.4 is 0 Å². The lowest BCUT2D eigenvalue weighted by Gasteiger charge is -2.45. The first kappa shape index (κ1) is 18.2. The van der Waals surface area contributed by atoms with E-state index in [1.54, 1.807) is 12.4 Å². The molecule has 2 atom stereocenters. The molecule has 2 bridgehead atoms. The zero-order valence-electron chi connectivity index (χ0n) is 17.4. The summed E-state index contributed by atoms with van der Waals surface area (Å²) in [5.41, 5.74) is 6.96. The normalized spacial score (nSPS) is 20.0. The molecule has 0 aliphatic carbocycles. The van der Waals surface area contributed by atoms with Crippen molar-refractivity contribution < 1.29 is 4.79 Å². The molecule has 1 saturated heterocycles. The lowest BCUT2D eigenvalue weighted by molar-refractivity contribution is 0.0392. The molecule has 6 nitrogen and oxygen atoms in total. The highest BCUT2D eigenvalue weighted by molar-refractivity contribution is 5.98. The van der Waals surface area contributed by atoms with Crippen LogP contribution in [-0.2, 0) is 13.5 Å². The first-order valence-electron chi connectivity index (χ1n) is 10.9. The summed E-state index contributed by atoms with van der Waals surface area (Å²) in [4.78, 5) is 24.5. The minimum absolute atomic E-state index is 0.0243. The van der Waals surface area contributed by atoms with E-state index in [1.165, 1.54) is 16.8 Å².